The van der Waals surface area contributed by atoms with Crippen LogP contribution in [0.4, 0.5) is 5.69 Å². The second kappa shape index (κ2) is 8.14. The van der Waals surface area contributed by atoms with Gasteiger partial charge in [0.25, 0.3) is 5.91 Å². The molecule has 26 heavy (non-hydrogen) atoms. The topological polar surface area (TPSA) is 65.1 Å². The third-order valence-electron chi connectivity index (χ3n) is 3.98. The summed E-state index contributed by atoms with van der Waals surface area (Å²) in [6.45, 7) is 0.261. The molecule has 0 aliphatic carbocycles. The molecule has 3 rings (SSSR count). The van der Waals surface area contributed by atoms with E-state index < -0.39 is 5.97 Å². The van der Waals surface area contributed by atoms with E-state index in [9.17, 15) is 9.59 Å². The molecule has 0 bridgehead atoms. The Labute approximate surface area is 156 Å². The molecule has 0 N–H and O–H groups in total. The molecule has 0 aromatic heterocycles. The Balaban J connectivity index is 1.68. The van der Waals surface area contributed by atoms with Gasteiger partial charge in [-0.1, -0.05) is 12.1 Å². The van der Waals surface area contributed by atoms with Gasteiger partial charge < -0.3 is 19.1 Å². The monoisotopic (exact) mass is 373 g/mol. The van der Waals surface area contributed by atoms with E-state index in [1.165, 1.54) is 14.2 Å². The molecule has 0 unspecified atom stereocenters. The molecule has 0 spiro atoms. The van der Waals surface area contributed by atoms with Crippen molar-refractivity contribution in [3.63, 3.8) is 0 Å². The molecule has 136 valence electrons. The molecule has 0 saturated carbocycles. The molecule has 1 amide bonds. The first kappa shape index (κ1) is 18.1. The zero-order valence-electron chi connectivity index (χ0n) is 14.6. The highest BCUT2D eigenvalue weighted by Crippen LogP contribution is 2.34. The van der Waals surface area contributed by atoms with Crippen molar-refractivity contribution < 1.29 is 23.8 Å². The molecule has 2 aromatic carbocycles. The van der Waals surface area contributed by atoms with Crippen molar-refractivity contribution in [3.8, 4) is 11.5 Å². The highest BCUT2D eigenvalue weighted by molar-refractivity contribution is 7.99. The Bertz CT molecular complexity index is 823. The summed E-state index contributed by atoms with van der Waals surface area (Å²) in [5, 5.41) is 0. The lowest BCUT2D eigenvalue weighted by Crippen LogP contribution is -2.38. The lowest BCUT2D eigenvalue weighted by atomic mass is 10.2. The Morgan fingerprint density at radius 1 is 1.12 bits per heavy atom. The summed E-state index contributed by atoms with van der Waals surface area (Å²) in [5.41, 5.74) is 1.10. The molecule has 0 saturated heterocycles. The zero-order valence-corrected chi connectivity index (χ0v) is 15.4. The number of ether oxygens (including phenoxy) is 3. The summed E-state index contributed by atoms with van der Waals surface area (Å²) in [5.74, 6) is 0.845. The summed E-state index contributed by atoms with van der Waals surface area (Å²) in [4.78, 5) is 27.6. The van der Waals surface area contributed by atoms with Crippen LogP contribution < -0.4 is 14.4 Å². The normalized spacial score (nSPS) is 12.9. The molecule has 0 atom stereocenters. The summed E-state index contributed by atoms with van der Waals surface area (Å²) in [7, 11) is 2.99. The number of hydrogen-bond donors (Lipinski definition) is 0. The molecular weight excluding hydrogens is 354 g/mol. The average Bonchev–Trinajstić information content (AvgIpc) is 2.70. The van der Waals surface area contributed by atoms with Crippen LogP contribution in [0.25, 0.3) is 0 Å². The summed E-state index contributed by atoms with van der Waals surface area (Å²) in [6.07, 6.45) is 0. The number of anilines is 1. The molecule has 0 fully saturated rings. The second-order valence-electron chi connectivity index (χ2n) is 5.50. The predicted molar refractivity (Wildman–Crippen MR) is 99.3 cm³/mol. The Morgan fingerprint density at radius 2 is 1.92 bits per heavy atom. The number of rotatable bonds is 5. The van der Waals surface area contributed by atoms with Crippen molar-refractivity contribution in [1.29, 1.82) is 0 Å². The maximum absolute atomic E-state index is 12.5. The van der Waals surface area contributed by atoms with E-state index in [0.29, 0.717) is 18.0 Å². The van der Waals surface area contributed by atoms with Gasteiger partial charge in [0, 0.05) is 23.3 Å². The number of thioether (sulfide) groups is 1. The Hall–Kier alpha value is -2.67. The number of fused-ring (bicyclic) bond motifs is 1. The fourth-order valence-electron chi connectivity index (χ4n) is 2.68. The fraction of sp³-hybridized carbons (Fsp3) is 0.263. The van der Waals surface area contributed by atoms with E-state index >= 15 is 0 Å². The van der Waals surface area contributed by atoms with Gasteiger partial charge in [-0.25, -0.2) is 4.79 Å². The van der Waals surface area contributed by atoms with E-state index in [-0.39, 0.29) is 18.1 Å². The number of esters is 1. The van der Waals surface area contributed by atoms with E-state index in [0.717, 1.165) is 16.3 Å². The lowest BCUT2D eigenvalue weighted by molar-refractivity contribution is -0.121. The number of amides is 1. The van der Waals surface area contributed by atoms with Crippen LogP contribution in [0.5, 0.6) is 11.5 Å². The van der Waals surface area contributed by atoms with E-state index in [1.807, 2.05) is 24.3 Å². The quantitative estimate of drug-likeness (QED) is 0.751. The standard InChI is InChI=1S/C19H19NO5S/c1-23-13-7-8-14(16(11-13)24-2)19(22)25-12-18(21)20-9-10-26-17-6-4-3-5-15(17)20/h3-8,11H,9-10,12H2,1-2H3. The highest BCUT2D eigenvalue weighted by atomic mass is 32.2. The molecule has 1 aliphatic rings. The van der Waals surface area contributed by atoms with Crippen LogP contribution in [0.1, 0.15) is 10.4 Å². The van der Waals surface area contributed by atoms with E-state index in [4.69, 9.17) is 14.2 Å². The minimum Gasteiger partial charge on any atom is -0.497 e. The van der Waals surface area contributed by atoms with Gasteiger partial charge in [-0.3, -0.25) is 4.79 Å². The summed E-state index contributed by atoms with van der Waals surface area (Å²) < 4.78 is 15.5. The number of para-hydroxylation sites is 1. The summed E-state index contributed by atoms with van der Waals surface area (Å²) >= 11 is 1.71. The van der Waals surface area contributed by atoms with Gasteiger partial charge in [0.15, 0.2) is 6.61 Å². The minimum atomic E-state index is -0.613. The number of hydrogen-bond acceptors (Lipinski definition) is 6. The van der Waals surface area contributed by atoms with Gasteiger partial charge in [-0.15, -0.1) is 11.8 Å². The molecule has 6 nitrogen and oxygen atoms in total. The van der Waals surface area contributed by atoms with Crippen LogP contribution in [0.3, 0.4) is 0 Å². The minimum absolute atomic E-state index is 0.246. The number of nitrogens with zero attached hydrogens (tertiary/aromatic N) is 1. The van der Waals surface area contributed by atoms with Crippen molar-refractivity contribution in [3.05, 3.63) is 48.0 Å². The van der Waals surface area contributed by atoms with Gasteiger partial charge in [0.2, 0.25) is 0 Å². The van der Waals surface area contributed by atoms with E-state index in [1.54, 1.807) is 34.9 Å². The summed E-state index contributed by atoms with van der Waals surface area (Å²) in [6, 6.07) is 12.5. The van der Waals surface area contributed by atoms with Gasteiger partial charge in [-0.05, 0) is 24.3 Å². The first-order chi connectivity index (χ1) is 12.6. The average molecular weight is 373 g/mol. The van der Waals surface area contributed by atoms with Crippen LogP contribution in [0, 0.1) is 0 Å². The van der Waals surface area contributed by atoms with Crippen LogP contribution in [-0.2, 0) is 9.53 Å². The van der Waals surface area contributed by atoms with Gasteiger partial charge >= 0.3 is 5.97 Å². The van der Waals surface area contributed by atoms with Crippen molar-refractivity contribution in [2.45, 2.75) is 4.90 Å². The maximum Gasteiger partial charge on any atom is 0.342 e. The third kappa shape index (κ3) is 3.77. The first-order valence-electron chi connectivity index (χ1n) is 8.05. The lowest BCUT2D eigenvalue weighted by Gasteiger charge is -2.28. The highest BCUT2D eigenvalue weighted by Gasteiger charge is 2.24. The van der Waals surface area contributed by atoms with Crippen LogP contribution in [0.2, 0.25) is 0 Å². The Morgan fingerprint density at radius 3 is 2.69 bits per heavy atom. The molecule has 1 aliphatic heterocycles. The molecule has 0 radical (unpaired) electrons. The Kier molecular flexibility index (Phi) is 5.68. The maximum atomic E-state index is 12.5. The molecular formula is C19H19NO5S. The largest absolute Gasteiger partial charge is 0.497 e. The van der Waals surface area contributed by atoms with E-state index in [2.05, 4.69) is 0 Å². The predicted octanol–water partition coefficient (Wildman–Crippen LogP) is 3.00. The number of methoxy groups -OCH3 is 2. The van der Waals surface area contributed by atoms with Crippen molar-refractivity contribution in [2.75, 3.05) is 38.0 Å². The third-order valence-corrected chi connectivity index (χ3v) is 5.03. The van der Waals surface area contributed by atoms with Crippen molar-refractivity contribution in [1.82, 2.24) is 0 Å². The van der Waals surface area contributed by atoms with Crippen LogP contribution in [0.15, 0.2) is 47.4 Å². The molecule has 2 aromatic rings. The fourth-order valence-corrected chi connectivity index (χ4v) is 3.67. The number of carbonyl (C=O) groups is 2. The van der Waals surface area contributed by atoms with Gasteiger partial charge in [0.05, 0.1) is 19.9 Å². The van der Waals surface area contributed by atoms with Crippen LogP contribution >= 0.6 is 11.8 Å². The van der Waals surface area contributed by atoms with Crippen molar-refractivity contribution >= 4 is 29.3 Å². The number of benzene rings is 2. The van der Waals surface area contributed by atoms with Gasteiger partial charge in [0.1, 0.15) is 17.1 Å². The second-order valence-corrected chi connectivity index (χ2v) is 6.64. The molecule has 1 heterocycles. The van der Waals surface area contributed by atoms with Crippen LogP contribution in [-0.4, -0.2) is 45.0 Å². The number of carbonyl (C=O) groups excluding carboxylic acids is 2. The molecule has 7 heteroatoms. The zero-order chi connectivity index (χ0) is 18.5. The van der Waals surface area contributed by atoms with Gasteiger partial charge in [-0.2, -0.15) is 0 Å². The SMILES string of the molecule is COc1ccc(C(=O)OCC(=O)N2CCSc3ccccc32)c(OC)c1. The first-order valence-corrected chi connectivity index (χ1v) is 9.04. The van der Waals surface area contributed by atoms with Crippen molar-refractivity contribution in [2.24, 2.45) is 0 Å². The smallest absolute Gasteiger partial charge is 0.342 e.